The van der Waals surface area contributed by atoms with E-state index >= 15 is 0 Å². The molecule has 0 saturated carbocycles. The maximum Gasteiger partial charge on any atom is 0.240 e. The molecule has 0 aliphatic carbocycles. The Bertz CT molecular complexity index is 3030. The highest BCUT2D eigenvalue weighted by molar-refractivity contribution is 5.99. The van der Waals surface area contributed by atoms with E-state index in [1.807, 2.05) is 60.7 Å². The Balaban J connectivity index is 1.19. The van der Waals surface area contributed by atoms with Crippen molar-refractivity contribution in [1.29, 1.82) is 0 Å². The van der Waals surface area contributed by atoms with Crippen molar-refractivity contribution in [1.82, 2.24) is 32.9 Å². The van der Waals surface area contributed by atoms with Gasteiger partial charge >= 0.3 is 0 Å². The molecule has 11 aromatic rings. The maximum absolute atomic E-state index is 5.11. The first-order chi connectivity index (χ1) is 24.8. The number of hydrogen-bond acceptors (Lipinski definition) is 3. The molecule has 7 nitrogen and oxygen atoms in total. The third-order valence-electron chi connectivity index (χ3n) is 9.79. The van der Waals surface area contributed by atoms with Crippen LogP contribution in [0.2, 0.25) is 0 Å². The zero-order valence-electron chi connectivity index (χ0n) is 26.7. The summed E-state index contributed by atoms with van der Waals surface area (Å²) in [6.07, 6.45) is 0. The molecule has 0 N–H and O–H groups in total. The smallest absolute Gasteiger partial charge is 0.240 e. The molecule has 6 aromatic carbocycles. The lowest BCUT2D eigenvalue weighted by Gasteiger charge is -2.09. The van der Waals surface area contributed by atoms with Gasteiger partial charge in [0.25, 0.3) is 0 Å². The van der Waals surface area contributed by atoms with Crippen molar-refractivity contribution >= 4 is 55.2 Å². The fourth-order valence-electron chi connectivity index (χ4n) is 7.60. The van der Waals surface area contributed by atoms with Gasteiger partial charge in [-0.2, -0.15) is 9.97 Å². The lowest BCUT2D eigenvalue weighted by Crippen LogP contribution is -2.06. The summed E-state index contributed by atoms with van der Waals surface area (Å²) in [4.78, 5) is 15.2. The van der Waals surface area contributed by atoms with Gasteiger partial charge in [-0.25, -0.2) is 4.98 Å². The van der Waals surface area contributed by atoms with E-state index in [9.17, 15) is 0 Å². The largest absolute Gasteiger partial charge is 0.294 e. The molecule has 0 amide bonds. The molecule has 11 rings (SSSR count). The molecule has 0 aliphatic heterocycles. The molecule has 0 unspecified atom stereocenters. The van der Waals surface area contributed by atoms with Gasteiger partial charge in [0.1, 0.15) is 11.3 Å². The molecular formula is C43H27N7. The summed E-state index contributed by atoms with van der Waals surface area (Å²) in [5.41, 5.74) is 11.8. The van der Waals surface area contributed by atoms with Gasteiger partial charge in [-0.05, 0) is 54.6 Å². The van der Waals surface area contributed by atoms with Crippen LogP contribution in [0.5, 0.6) is 0 Å². The van der Waals surface area contributed by atoms with Gasteiger partial charge in [0.15, 0.2) is 11.6 Å². The fourth-order valence-corrected chi connectivity index (χ4v) is 7.60. The first-order valence-electron chi connectivity index (χ1n) is 16.7. The summed E-state index contributed by atoms with van der Waals surface area (Å²) < 4.78 is 9.24. The molecule has 0 atom stereocenters. The third-order valence-corrected chi connectivity index (χ3v) is 9.79. The Morgan fingerprint density at radius 3 is 1.46 bits per heavy atom. The van der Waals surface area contributed by atoms with Gasteiger partial charge in [0, 0.05) is 27.6 Å². The van der Waals surface area contributed by atoms with E-state index in [4.69, 9.17) is 15.0 Å². The van der Waals surface area contributed by atoms with Gasteiger partial charge in [-0.3, -0.25) is 17.9 Å². The van der Waals surface area contributed by atoms with Crippen LogP contribution in [0.15, 0.2) is 164 Å². The van der Waals surface area contributed by atoms with E-state index in [0.29, 0.717) is 17.6 Å². The predicted molar refractivity (Wildman–Crippen MR) is 201 cm³/mol. The van der Waals surface area contributed by atoms with Gasteiger partial charge in [-0.1, -0.05) is 109 Å². The molecule has 50 heavy (non-hydrogen) atoms. The Hall–Kier alpha value is -6.99. The number of aromatic nitrogens is 7. The zero-order chi connectivity index (χ0) is 32.8. The van der Waals surface area contributed by atoms with Crippen LogP contribution in [0.1, 0.15) is 0 Å². The zero-order valence-corrected chi connectivity index (χ0v) is 26.7. The normalized spacial score (nSPS) is 12.0. The van der Waals surface area contributed by atoms with Crippen molar-refractivity contribution in [2.24, 2.45) is 0 Å². The van der Waals surface area contributed by atoms with Crippen LogP contribution in [0.3, 0.4) is 0 Å². The quantitative estimate of drug-likeness (QED) is 0.192. The van der Waals surface area contributed by atoms with Crippen molar-refractivity contribution < 1.29 is 0 Å². The number of benzene rings is 6. The van der Waals surface area contributed by atoms with E-state index in [1.54, 1.807) is 0 Å². The topological polar surface area (TPSA) is 57.4 Å². The van der Waals surface area contributed by atoms with Crippen LogP contribution in [-0.4, -0.2) is 32.9 Å². The fraction of sp³-hybridized carbons (Fsp3) is 0. The Morgan fingerprint density at radius 2 is 0.820 bits per heavy atom. The van der Waals surface area contributed by atoms with Crippen LogP contribution in [0.4, 0.5) is 0 Å². The Labute approximate surface area is 285 Å². The predicted octanol–water partition coefficient (Wildman–Crippen LogP) is 9.91. The average Bonchev–Trinajstić information content (AvgIpc) is 3.91. The van der Waals surface area contributed by atoms with Crippen molar-refractivity contribution in [2.75, 3.05) is 0 Å². The number of para-hydroxylation sites is 5. The molecule has 7 heteroatoms. The van der Waals surface area contributed by atoms with Crippen molar-refractivity contribution in [3.05, 3.63) is 164 Å². The van der Waals surface area contributed by atoms with Crippen LogP contribution >= 0.6 is 0 Å². The number of rotatable bonds is 4. The molecule has 5 heterocycles. The molecule has 0 spiro atoms. The monoisotopic (exact) mass is 641 g/mol. The van der Waals surface area contributed by atoms with E-state index in [0.717, 1.165) is 55.6 Å². The number of imidazole rings is 2. The summed E-state index contributed by atoms with van der Waals surface area (Å²) in [6, 6.07) is 57.2. The van der Waals surface area contributed by atoms with Crippen LogP contribution in [0.25, 0.3) is 89.6 Å². The average molecular weight is 642 g/mol. The Kier molecular flexibility index (Phi) is 5.54. The molecule has 0 bridgehead atoms. The molecule has 234 valence electrons. The minimum absolute atomic E-state index is 0.574. The molecule has 0 saturated heterocycles. The second-order valence-electron chi connectivity index (χ2n) is 12.6. The Morgan fingerprint density at radius 1 is 0.340 bits per heavy atom. The molecular weight excluding hydrogens is 615 g/mol. The summed E-state index contributed by atoms with van der Waals surface area (Å²) >= 11 is 0. The summed E-state index contributed by atoms with van der Waals surface area (Å²) in [6.45, 7) is 0. The van der Waals surface area contributed by atoms with Crippen molar-refractivity contribution in [2.45, 2.75) is 0 Å². The maximum atomic E-state index is 5.11. The van der Waals surface area contributed by atoms with Gasteiger partial charge in [-0.15, -0.1) is 0 Å². The van der Waals surface area contributed by atoms with E-state index < -0.39 is 0 Å². The van der Waals surface area contributed by atoms with E-state index in [1.165, 1.54) is 16.4 Å². The van der Waals surface area contributed by atoms with Crippen molar-refractivity contribution in [3.63, 3.8) is 0 Å². The SMILES string of the molecule is c1ccc(-c2nc(-c3ccccc3)nc(-n3c4ccccc4n4c5cc(-n6c7ccccc7n7c8ccccc8cc67)ccc5cc34)n2)cc1. The lowest BCUT2D eigenvalue weighted by atomic mass is 10.2. The number of fused-ring (bicyclic) bond motifs is 10. The van der Waals surface area contributed by atoms with Crippen LogP contribution in [-0.2, 0) is 0 Å². The second kappa shape index (κ2) is 10.3. The molecule has 5 aromatic heterocycles. The summed E-state index contributed by atoms with van der Waals surface area (Å²) in [5.74, 6) is 1.84. The van der Waals surface area contributed by atoms with Gasteiger partial charge in [0.2, 0.25) is 5.95 Å². The minimum Gasteiger partial charge on any atom is -0.294 e. The minimum atomic E-state index is 0.574. The number of hydrogen-bond donors (Lipinski definition) is 0. The van der Waals surface area contributed by atoms with Gasteiger partial charge in [0.05, 0.1) is 33.1 Å². The first kappa shape index (κ1) is 27.0. The molecule has 0 aliphatic rings. The highest BCUT2D eigenvalue weighted by Crippen LogP contribution is 2.35. The van der Waals surface area contributed by atoms with Crippen molar-refractivity contribution in [3.8, 4) is 34.4 Å². The summed E-state index contributed by atoms with van der Waals surface area (Å²) in [5, 5.41) is 2.36. The second-order valence-corrected chi connectivity index (χ2v) is 12.6. The molecule has 0 radical (unpaired) electrons. The molecule has 0 fully saturated rings. The summed E-state index contributed by atoms with van der Waals surface area (Å²) in [7, 11) is 0. The van der Waals surface area contributed by atoms with Crippen LogP contribution < -0.4 is 0 Å². The lowest BCUT2D eigenvalue weighted by molar-refractivity contribution is 0.947. The standard InChI is InChI=1S/C43H27N7/c1-3-13-28(14-4-1)41-44-42(29-15-5-2-6-16-29)46-43(45-41)50-37-22-12-11-21-36(37)49-38-27-32(24-23-31(38)26-40(49)50)47-34-19-9-10-20-35(34)48-33-18-8-7-17-30(33)25-39(47)48/h1-27H. The van der Waals surface area contributed by atoms with Crippen LogP contribution in [0, 0.1) is 0 Å². The number of nitrogens with zero attached hydrogens (tertiary/aromatic N) is 7. The van der Waals surface area contributed by atoms with Gasteiger partial charge < -0.3 is 0 Å². The highest BCUT2D eigenvalue weighted by Gasteiger charge is 2.21. The van der Waals surface area contributed by atoms with E-state index in [2.05, 4.69) is 121 Å². The first-order valence-corrected chi connectivity index (χ1v) is 16.7. The highest BCUT2D eigenvalue weighted by atomic mass is 15.2. The van der Waals surface area contributed by atoms with E-state index in [-0.39, 0.29) is 0 Å². The third kappa shape index (κ3) is 3.82.